The predicted octanol–water partition coefficient (Wildman–Crippen LogP) is 5.70. The van der Waals surface area contributed by atoms with Crippen LogP contribution in [-0.4, -0.2) is 155 Å². The van der Waals surface area contributed by atoms with E-state index < -0.39 is 84.1 Å². The van der Waals surface area contributed by atoms with Crippen molar-refractivity contribution in [3.8, 4) is 0 Å². The minimum absolute atomic E-state index is 0.0425. The molecular weight excluding hydrogens is 915 g/mol. The first-order valence-corrected chi connectivity index (χ1v) is 26.3. The summed E-state index contributed by atoms with van der Waals surface area (Å²) in [6, 6.07) is -1.16. The fourth-order valence-corrected chi connectivity index (χ4v) is 10.7. The van der Waals surface area contributed by atoms with Crippen LogP contribution in [0.4, 0.5) is 0 Å². The fraction of sp³-hybridized carbons (Fsp3) is 0.764. The largest absolute Gasteiger partial charge is 0.460 e. The van der Waals surface area contributed by atoms with E-state index in [2.05, 4.69) is 0 Å². The van der Waals surface area contributed by atoms with E-state index in [9.17, 15) is 44.4 Å². The lowest BCUT2D eigenvalue weighted by Crippen LogP contribution is -2.61. The van der Waals surface area contributed by atoms with E-state index in [0.29, 0.717) is 56.9 Å². The number of piperidine rings is 1. The van der Waals surface area contributed by atoms with Gasteiger partial charge >= 0.3 is 5.97 Å². The zero-order chi connectivity index (χ0) is 52.0. The maximum absolute atomic E-state index is 14.5. The van der Waals surface area contributed by atoms with E-state index >= 15 is 0 Å². The first-order valence-electron chi connectivity index (χ1n) is 26.3. The first kappa shape index (κ1) is 58.4. The minimum atomic E-state index is -2.49. The molecule has 4 heterocycles. The van der Waals surface area contributed by atoms with Crippen LogP contribution >= 0.6 is 0 Å². The van der Waals surface area contributed by atoms with Gasteiger partial charge in [0.2, 0.25) is 5.79 Å². The minimum Gasteiger partial charge on any atom is -0.460 e. The van der Waals surface area contributed by atoms with Crippen molar-refractivity contribution >= 4 is 29.2 Å². The lowest BCUT2D eigenvalue weighted by atomic mass is 9.78. The van der Waals surface area contributed by atoms with Crippen molar-refractivity contribution in [2.45, 2.75) is 193 Å². The van der Waals surface area contributed by atoms with Crippen molar-refractivity contribution < 1.29 is 72.8 Å². The van der Waals surface area contributed by atoms with Crippen molar-refractivity contribution in [3.63, 3.8) is 0 Å². The van der Waals surface area contributed by atoms with Crippen LogP contribution < -0.4 is 0 Å². The van der Waals surface area contributed by atoms with Gasteiger partial charge in [0.05, 0.1) is 56.9 Å². The van der Waals surface area contributed by atoms with E-state index in [1.807, 2.05) is 58.1 Å². The van der Waals surface area contributed by atoms with Crippen molar-refractivity contribution in [2.24, 2.45) is 35.5 Å². The number of aliphatic hydroxyl groups is 4. The number of nitrogens with zero attached hydrogens (tertiary/aromatic N) is 1. The van der Waals surface area contributed by atoms with Crippen LogP contribution in [0.25, 0.3) is 0 Å². The Labute approximate surface area is 421 Å². The number of carbonyl (C=O) groups excluding carboxylic acids is 5. The standard InChI is InChI=1S/C55H85NO15/c1-33-14-10-9-11-15-34(2)49(69-32-43-31-67-42(29-57)30-68-43)26-41-19-17-39(7)55(65,71-41)52(62)53(63)56-21-13-12-16-44(56)54(64)70-50(38(6)24-40-18-20-45(58)51(25-40)66-8)28-48(61)37(5)23-36(4)47(60)27-46(59)35(3)22-33/h9-11,14-15,23,33,35,37-45,47,49-51,57-58,60,65H,12-13,16-22,24-32H2,1-8H3/b11-9+,14-10+,34-15+,36-23+/t33-,35-,37-,38-,39-,40+,41+,42+,43-,44+,45-,47+,49?,50+,51-,55-/m1/s1. The highest BCUT2D eigenvalue weighted by molar-refractivity contribution is 6.39. The van der Waals surface area contributed by atoms with E-state index in [1.165, 1.54) is 4.90 Å². The third-order valence-electron chi connectivity index (χ3n) is 15.6. The van der Waals surface area contributed by atoms with Crippen LogP contribution in [0.3, 0.4) is 0 Å². The molecular formula is C55H85NO15. The Kier molecular flexibility index (Phi) is 22.8. The summed E-state index contributed by atoms with van der Waals surface area (Å²) in [5, 5.41) is 43.3. The van der Waals surface area contributed by atoms with Gasteiger partial charge < -0.3 is 53.7 Å². The second-order valence-corrected chi connectivity index (χ2v) is 21.5. The van der Waals surface area contributed by atoms with Gasteiger partial charge in [-0.05, 0) is 107 Å². The van der Waals surface area contributed by atoms with Crippen LogP contribution in [0.5, 0.6) is 0 Å². The number of cyclic esters (lactones) is 1. The highest BCUT2D eigenvalue weighted by Gasteiger charge is 2.53. The molecule has 4 N–H and O–H groups in total. The molecule has 1 unspecified atom stereocenters. The third-order valence-corrected chi connectivity index (χ3v) is 15.6. The molecule has 16 nitrogen and oxygen atoms in total. The molecule has 71 heavy (non-hydrogen) atoms. The van der Waals surface area contributed by atoms with Gasteiger partial charge in [0.15, 0.2) is 0 Å². The van der Waals surface area contributed by atoms with Gasteiger partial charge in [-0.15, -0.1) is 0 Å². The molecule has 5 rings (SSSR count). The number of hydrogen-bond donors (Lipinski definition) is 4. The Hall–Kier alpha value is -3.45. The lowest BCUT2D eigenvalue weighted by Gasteiger charge is -2.43. The van der Waals surface area contributed by atoms with E-state index in [0.717, 1.165) is 12.0 Å². The summed E-state index contributed by atoms with van der Waals surface area (Å²) in [6.07, 6.45) is 11.3. The maximum atomic E-state index is 14.5. The number of ether oxygens (including phenoxy) is 6. The molecule has 1 saturated carbocycles. The average Bonchev–Trinajstić information content (AvgIpc) is 3.35. The molecule has 0 spiro atoms. The van der Waals surface area contributed by atoms with Crippen LogP contribution in [0.1, 0.15) is 132 Å². The highest BCUT2D eigenvalue weighted by Crippen LogP contribution is 2.38. The SMILES string of the molecule is CO[C@@H]1C[C@H](C[C@@H](C)[C@@H]2CC(=O)[C@H](C)/C=C(\C)[C@@H](O)CC(=O)[C@H](C)C[C@H](C)/C=C/C=C/C=C(\C)C(OC[C@H]3CO[C@@H](CO)CO3)C[C@@H]3CC[C@@H](C)[C@@](O)(O3)C(=O)C(=O)N3CCCC[C@H]3C(=O)O2)CC[C@H]1O. The summed E-state index contributed by atoms with van der Waals surface area (Å²) in [7, 11) is 1.57. The number of carbonyl (C=O) groups is 5. The number of rotatable bonds is 8. The van der Waals surface area contributed by atoms with Crippen molar-refractivity contribution in [2.75, 3.05) is 40.1 Å². The molecule has 1 aliphatic carbocycles. The number of methoxy groups -OCH3 is 1. The van der Waals surface area contributed by atoms with Crippen LogP contribution in [0.2, 0.25) is 0 Å². The second-order valence-electron chi connectivity index (χ2n) is 21.5. The molecule has 0 aromatic carbocycles. The normalized spacial score (nSPS) is 40.3. The number of aliphatic hydroxyl groups excluding tert-OH is 3. The smallest absolute Gasteiger partial charge is 0.329 e. The number of allylic oxidation sites excluding steroid dienone is 6. The molecule has 4 fully saturated rings. The molecule has 2 bridgehead atoms. The van der Waals surface area contributed by atoms with Crippen LogP contribution in [-0.2, 0) is 52.4 Å². The summed E-state index contributed by atoms with van der Waals surface area (Å²) in [5.74, 6) is -7.77. The van der Waals surface area contributed by atoms with Crippen LogP contribution in [0.15, 0.2) is 47.6 Å². The fourth-order valence-electron chi connectivity index (χ4n) is 10.7. The van der Waals surface area contributed by atoms with Crippen molar-refractivity contribution in [3.05, 3.63) is 47.6 Å². The van der Waals surface area contributed by atoms with Crippen molar-refractivity contribution in [1.82, 2.24) is 4.90 Å². The number of Topliss-reactive ketones (excluding diaryl/α,β-unsaturated/α-hetero) is 3. The molecule has 5 aliphatic rings. The molecule has 16 atom stereocenters. The van der Waals surface area contributed by atoms with Crippen LogP contribution in [0, 0.1) is 35.5 Å². The molecule has 400 valence electrons. The summed E-state index contributed by atoms with van der Waals surface area (Å²) in [5.41, 5.74) is 1.30. The molecule has 0 radical (unpaired) electrons. The lowest BCUT2D eigenvalue weighted by molar-refractivity contribution is -0.266. The Morgan fingerprint density at radius 3 is 2.28 bits per heavy atom. The predicted molar refractivity (Wildman–Crippen MR) is 264 cm³/mol. The van der Waals surface area contributed by atoms with Gasteiger partial charge in [0, 0.05) is 50.7 Å². The Morgan fingerprint density at radius 1 is 0.845 bits per heavy atom. The van der Waals surface area contributed by atoms with Gasteiger partial charge in [0.25, 0.3) is 11.7 Å². The summed E-state index contributed by atoms with van der Waals surface area (Å²) < 4.78 is 36.2. The Morgan fingerprint density at radius 2 is 1.58 bits per heavy atom. The summed E-state index contributed by atoms with van der Waals surface area (Å²) in [6.45, 7) is 13.3. The topological polar surface area (TPSA) is 225 Å². The van der Waals surface area contributed by atoms with Crippen molar-refractivity contribution in [1.29, 1.82) is 0 Å². The Bertz CT molecular complexity index is 1910. The van der Waals surface area contributed by atoms with E-state index in [4.69, 9.17) is 28.4 Å². The second kappa shape index (κ2) is 27.7. The number of ketones is 3. The molecule has 0 aromatic heterocycles. The number of hydrogen-bond acceptors (Lipinski definition) is 15. The Balaban J connectivity index is 1.44. The van der Waals surface area contributed by atoms with Gasteiger partial charge in [-0.3, -0.25) is 19.2 Å². The first-order chi connectivity index (χ1) is 33.7. The highest BCUT2D eigenvalue weighted by atomic mass is 16.6. The number of fused-ring (bicyclic) bond motifs is 3. The van der Waals surface area contributed by atoms with Gasteiger partial charge in [-0.1, -0.05) is 71.1 Å². The summed E-state index contributed by atoms with van der Waals surface area (Å²) >= 11 is 0. The molecule has 1 amide bonds. The number of esters is 1. The molecule has 0 aromatic rings. The zero-order valence-electron chi connectivity index (χ0n) is 43.6. The zero-order valence-corrected chi connectivity index (χ0v) is 43.6. The van der Waals surface area contributed by atoms with Gasteiger partial charge in [0.1, 0.15) is 35.9 Å². The average molecular weight is 1000 g/mol. The van der Waals surface area contributed by atoms with Gasteiger partial charge in [-0.2, -0.15) is 0 Å². The maximum Gasteiger partial charge on any atom is 0.329 e. The number of amides is 1. The third kappa shape index (κ3) is 16.5. The van der Waals surface area contributed by atoms with E-state index in [1.54, 1.807) is 34.0 Å². The molecule has 4 aliphatic heterocycles. The molecule has 16 heteroatoms. The monoisotopic (exact) mass is 1000 g/mol. The van der Waals surface area contributed by atoms with E-state index in [-0.39, 0.29) is 100.0 Å². The van der Waals surface area contributed by atoms with Gasteiger partial charge in [-0.25, -0.2) is 4.79 Å². The summed E-state index contributed by atoms with van der Waals surface area (Å²) in [4.78, 5) is 71.9. The quantitative estimate of drug-likeness (QED) is 0.130. The molecule has 3 saturated heterocycles.